The summed E-state index contributed by atoms with van der Waals surface area (Å²) < 4.78 is 2.32. The van der Waals surface area contributed by atoms with Gasteiger partial charge in [0.05, 0.1) is 23.5 Å². The molecule has 1 amide bonds. The van der Waals surface area contributed by atoms with Crippen molar-refractivity contribution in [1.82, 2.24) is 24.3 Å². The van der Waals surface area contributed by atoms with Gasteiger partial charge in [0.2, 0.25) is 5.91 Å². The minimum atomic E-state index is 0.0926. The van der Waals surface area contributed by atoms with E-state index in [1.54, 1.807) is 0 Å². The highest BCUT2D eigenvalue weighted by atomic mass is 35.5. The van der Waals surface area contributed by atoms with Crippen molar-refractivity contribution in [2.24, 2.45) is 5.92 Å². The van der Waals surface area contributed by atoms with Crippen LogP contribution in [0.3, 0.4) is 0 Å². The largest absolute Gasteiger partial charge is 0.340 e. The number of imidazole rings is 1. The summed E-state index contributed by atoms with van der Waals surface area (Å²) in [6, 6.07) is 16.4. The van der Waals surface area contributed by atoms with Gasteiger partial charge in [-0.3, -0.25) is 14.6 Å². The summed E-state index contributed by atoms with van der Waals surface area (Å²) in [6.07, 6.45) is 4.52. The van der Waals surface area contributed by atoms with Crippen LogP contribution in [-0.4, -0.2) is 76.0 Å². The molecule has 0 unspecified atom stereocenters. The molecule has 2 fully saturated rings. The molecule has 0 radical (unpaired) electrons. The number of halogens is 1. The van der Waals surface area contributed by atoms with E-state index in [-0.39, 0.29) is 5.92 Å². The Morgan fingerprint density at radius 3 is 2.53 bits per heavy atom. The van der Waals surface area contributed by atoms with E-state index in [1.807, 2.05) is 18.2 Å². The zero-order chi connectivity index (χ0) is 24.9. The van der Waals surface area contributed by atoms with Gasteiger partial charge in [0, 0.05) is 44.3 Å². The van der Waals surface area contributed by atoms with Crippen LogP contribution in [-0.2, 0) is 17.9 Å². The Morgan fingerprint density at radius 2 is 1.75 bits per heavy atom. The zero-order valence-electron chi connectivity index (χ0n) is 21.4. The van der Waals surface area contributed by atoms with Gasteiger partial charge in [-0.1, -0.05) is 49.2 Å². The average Bonchev–Trinajstić information content (AvgIpc) is 3.25. The highest BCUT2D eigenvalue weighted by molar-refractivity contribution is 6.30. The number of aromatic nitrogens is 2. The molecule has 0 spiro atoms. The van der Waals surface area contributed by atoms with Gasteiger partial charge < -0.3 is 9.47 Å². The Kier molecular flexibility index (Phi) is 8.25. The minimum absolute atomic E-state index is 0.0926. The topological polar surface area (TPSA) is 44.6 Å². The number of piperidine rings is 1. The van der Waals surface area contributed by atoms with Crippen LogP contribution in [0.5, 0.6) is 0 Å². The van der Waals surface area contributed by atoms with Gasteiger partial charge in [-0.15, -0.1) is 0 Å². The van der Waals surface area contributed by atoms with E-state index >= 15 is 0 Å². The molecule has 1 aromatic heterocycles. The van der Waals surface area contributed by atoms with Crippen LogP contribution in [0.2, 0.25) is 5.02 Å². The average molecular weight is 508 g/mol. The second-order valence-electron chi connectivity index (χ2n) is 10.3. The van der Waals surface area contributed by atoms with Crippen molar-refractivity contribution in [2.75, 3.05) is 45.8 Å². The van der Waals surface area contributed by atoms with Crippen molar-refractivity contribution < 1.29 is 4.79 Å². The summed E-state index contributed by atoms with van der Waals surface area (Å²) in [6.45, 7) is 10.5. The molecular formula is C29H38ClN5O. The summed E-state index contributed by atoms with van der Waals surface area (Å²) in [5.41, 5.74) is 3.37. The predicted molar refractivity (Wildman–Crippen MR) is 146 cm³/mol. The van der Waals surface area contributed by atoms with E-state index in [0.29, 0.717) is 5.91 Å². The maximum Gasteiger partial charge on any atom is 0.227 e. The first-order valence-corrected chi connectivity index (χ1v) is 13.9. The van der Waals surface area contributed by atoms with E-state index < -0.39 is 0 Å². The van der Waals surface area contributed by atoms with Gasteiger partial charge in [0.1, 0.15) is 5.82 Å². The first-order valence-electron chi connectivity index (χ1n) is 13.5. The lowest BCUT2D eigenvalue weighted by Gasteiger charge is -2.39. The summed E-state index contributed by atoms with van der Waals surface area (Å²) in [7, 11) is 0. The van der Waals surface area contributed by atoms with Crippen LogP contribution in [0, 0.1) is 5.92 Å². The first kappa shape index (κ1) is 25.2. The predicted octanol–water partition coefficient (Wildman–Crippen LogP) is 4.89. The van der Waals surface area contributed by atoms with Gasteiger partial charge in [-0.2, -0.15) is 0 Å². The zero-order valence-corrected chi connectivity index (χ0v) is 22.2. The van der Waals surface area contributed by atoms with Crippen LogP contribution in [0.15, 0.2) is 48.5 Å². The summed E-state index contributed by atoms with van der Waals surface area (Å²) in [5, 5.41) is 0.751. The van der Waals surface area contributed by atoms with Gasteiger partial charge in [-0.25, -0.2) is 4.98 Å². The number of fused-ring (bicyclic) bond motifs is 1. The molecule has 6 nitrogen and oxygen atoms in total. The summed E-state index contributed by atoms with van der Waals surface area (Å²) in [5.74, 6) is 1.50. The third-order valence-electron chi connectivity index (χ3n) is 7.72. The molecule has 3 aromatic rings. The van der Waals surface area contributed by atoms with E-state index in [0.717, 1.165) is 93.6 Å². The number of nitrogens with zero attached hydrogens (tertiary/aromatic N) is 5. The number of rotatable bonds is 8. The summed E-state index contributed by atoms with van der Waals surface area (Å²) >= 11 is 6.11. The Labute approximate surface area is 219 Å². The fourth-order valence-corrected chi connectivity index (χ4v) is 5.75. The molecule has 36 heavy (non-hydrogen) atoms. The number of unbranched alkanes of at least 4 members (excludes halogenated alkanes) is 1. The maximum absolute atomic E-state index is 13.4. The molecule has 3 heterocycles. The minimum Gasteiger partial charge on any atom is -0.340 e. The Hall–Kier alpha value is -2.41. The third kappa shape index (κ3) is 5.93. The number of hydrogen-bond acceptors (Lipinski definition) is 4. The molecule has 2 saturated heterocycles. The van der Waals surface area contributed by atoms with Crippen LogP contribution in [0.4, 0.5) is 0 Å². The Morgan fingerprint density at radius 1 is 0.972 bits per heavy atom. The normalized spacial score (nSPS) is 19.7. The van der Waals surface area contributed by atoms with Crippen LogP contribution in [0.25, 0.3) is 11.0 Å². The number of piperazine rings is 1. The molecule has 0 aliphatic carbocycles. The van der Waals surface area contributed by atoms with E-state index in [1.165, 1.54) is 18.4 Å². The first-order chi connectivity index (χ1) is 17.6. The van der Waals surface area contributed by atoms with Crippen LogP contribution in [0.1, 0.15) is 44.0 Å². The second-order valence-corrected chi connectivity index (χ2v) is 10.8. The Bertz CT molecular complexity index is 1150. The number of hydrogen-bond donors (Lipinski definition) is 0. The molecular weight excluding hydrogens is 470 g/mol. The van der Waals surface area contributed by atoms with E-state index in [2.05, 4.69) is 56.5 Å². The number of amides is 1. The molecule has 2 aliphatic heterocycles. The molecule has 7 heteroatoms. The van der Waals surface area contributed by atoms with Crippen molar-refractivity contribution in [3.05, 3.63) is 64.9 Å². The highest BCUT2D eigenvalue weighted by Crippen LogP contribution is 2.24. The highest BCUT2D eigenvalue weighted by Gasteiger charge is 2.31. The van der Waals surface area contributed by atoms with E-state index in [4.69, 9.17) is 16.6 Å². The number of benzene rings is 2. The van der Waals surface area contributed by atoms with E-state index in [9.17, 15) is 4.79 Å². The molecule has 0 N–H and O–H groups in total. The monoisotopic (exact) mass is 507 g/mol. The fraction of sp³-hybridized carbons (Fsp3) is 0.517. The van der Waals surface area contributed by atoms with Crippen molar-refractivity contribution in [2.45, 2.75) is 45.7 Å². The molecule has 2 aromatic carbocycles. The van der Waals surface area contributed by atoms with Crippen LogP contribution >= 0.6 is 11.6 Å². The summed E-state index contributed by atoms with van der Waals surface area (Å²) in [4.78, 5) is 25.5. The van der Waals surface area contributed by atoms with Crippen molar-refractivity contribution in [3.63, 3.8) is 0 Å². The lowest BCUT2D eigenvalue weighted by molar-refractivity contribution is -0.139. The van der Waals surface area contributed by atoms with Crippen LogP contribution < -0.4 is 0 Å². The Balaban J connectivity index is 1.25. The van der Waals surface area contributed by atoms with Crippen molar-refractivity contribution in [1.29, 1.82) is 0 Å². The SMILES string of the molecule is CCCCN1CCN(C(=O)[C@@H]2CCCN(Cc3nc4ccccc4n3Cc3ccc(Cl)cc3)C2)CC1. The third-order valence-corrected chi connectivity index (χ3v) is 7.97. The van der Waals surface area contributed by atoms with Gasteiger partial charge in [0.25, 0.3) is 0 Å². The molecule has 0 saturated carbocycles. The number of carbonyl (C=O) groups excluding carboxylic acids is 1. The molecule has 2 aliphatic rings. The van der Waals surface area contributed by atoms with Gasteiger partial charge >= 0.3 is 0 Å². The number of likely N-dealkylation sites (tertiary alicyclic amines) is 1. The molecule has 192 valence electrons. The molecule has 1 atom stereocenters. The fourth-order valence-electron chi connectivity index (χ4n) is 5.63. The standard InChI is InChI=1S/C29H38ClN5O/c1-2-3-14-32-16-18-34(19-17-32)29(36)24-7-6-15-33(21-24)22-28-31-26-8-4-5-9-27(26)35(28)20-23-10-12-25(30)13-11-23/h4-5,8-13,24H,2-3,6-7,14-22H2,1H3/t24-/m1/s1. The van der Waals surface area contributed by atoms with Gasteiger partial charge in [-0.05, 0) is 62.2 Å². The maximum atomic E-state index is 13.4. The second kappa shape index (κ2) is 11.8. The van der Waals surface area contributed by atoms with Crippen molar-refractivity contribution in [3.8, 4) is 0 Å². The smallest absolute Gasteiger partial charge is 0.227 e. The quantitative estimate of drug-likeness (QED) is 0.435. The lowest BCUT2D eigenvalue weighted by Crippen LogP contribution is -2.52. The molecule has 5 rings (SSSR count). The number of carbonyl (C=O) groups is 1. The number of para-hydroxylation sites is 2. The molecule has 0 bridgehead atoms. The van der Waals surface area contributed by atoms with Gasteiger partial charge in [0.15, 0.2) is 0 Å². The van der Waals surface area contributed by atoms with Crippen molar-refractivity contribution >= 4 is 28.5 Å². The lowest BCUT2D eigenvalue weighted by atomic mass is 9.96.